The highest BCUT2D eigenvalue weighted by Crippen LogP contribution is 2.60. The number of nitrogens with zero attached hydrogens (tertiary/aromatic N) is 1. The zero-order valence-corrected chi connectivity index (χ0v) is 20.8. The second kappa shape index (κ2) is 11.3. The lowest BCUT2D eigenvalue weighted by molar-refractivity contribution is -0.576. The Bertz CT molecular complexity index is 1110. The lowest BCUT2D eigenvalue weighted by Crippen LogP contribution is -2.79. The van der Waals surface area contributed by atoms with Gasteiger partial charge in [-0.3, -0.25) is 4.74 Å². The summed E-state index contributed by atoms with van der Waals surface area (Å²) in [6.45, 7) is 0. The second-order valence-corrected chi connectivity index (χ2v) is 9.14. The number of alkyl halides is 25. The summed E-state index contributed by atoms with van der Waals surface area (Å²) in [7, 11) is 0. The minimum atomic E-state index is -7.75. The Morgan fingerprint density at radius 3 is 1.40 bits per heavy atom. The van der Waals surface area contributed by atoms with E-state index in [0.717, 1.165) is 0 Å². The molecule has 0 aliphatic carbocycles. The average molecular weight is 765 g/mol. The van der Waals surface area contributed by atoms with Crippen LogP contribution in [0, 0.1) is 0 Å². The molecule has 2 heterocycles. The highest BCUT2D eigenvalue weighted by atomic mass is 19.4. The smallest absolute Gasteiger partial charge is 0.365 e. The van der Waals surface area contributed by atoms with Gasteiger partial charge in [-0.2, -0.15) is 83.4 Å². The molecular weight excluding hydrogens is 757 g/mol. The molecule has 0 bridgehead atoms. The third-order valence-electron chi connectivity index (χ3n) is 6.02. The molecule has 0 N–H and O–H groups in total. The molecule has 0 amide bonds. The molecule has 0 spiro atoms. The molecule has 0 saturated carbocycles. The summed E-state index contributed by atoms with van der Waals surface area (Å²) < 4.78 is 346. The highest BCUT2D eigenvalue weighted by molar-refractivity contribution is 5.09. The summed E-state index contributed by atoms with van der Waals surface area (Å²) in [5, 5.41) is 0. The predicted molar refractivity (Wildman–Crippen MR) is 88.3 cm³/mol. The lowest BCUT2D eigenvalue weighted by atomic mass is 9.92. The number of halogens is 25. The minimum absolute atomic E-state index is 1.38. The fraction of sp³-hybridized carbons (Fsp3) is 1.00. The molecule has 0 aromatic rings. The van der Waals surface area contributed by atoms with E-state index in [9.17, 15) is 105 Å². The molecule has 5 nitrogen and oxygen atoms in total. The normalized spacial score (nSPS) is 28.5. The van der Waals surface area contributed by atoms with E-state index in [-0.39, 0.29) is 0 Å². The highest BCUT2D eigenvalue weighted by Gasteiger charge is 2.87. The first kappa shape index (κ1) is 41.2. The van der Waals surface area contributed by atoms with Gasteiger partial charge in [0.05, 0.1) is 0 Å². The Labute approximate surface area is 239 Å². The molecule has 280 valence electrons. The van der Waals surface area contributed by atoms with Gasteiger partial charge >= 0.3 is 60.9 Å². The number of ether oxygens (including phenoxy) is 4. The first-order valence-electron chi connectivity index (χ1n) is 10.9. The van der Waals surface area contributed by atoms with E-state index < -0.39 is 109 Å². The molecule has 0 aromatic carbocycles. The van der Waals surface area contributed by atoms with E-state index in [1.54, 1.807) is 4.74 Å². The predicted octanol–water partition coefficient (Wildman–Crippen LogP) is 8.11. The van der Waals surface area contributed by atoms with Gasteiger partial charge in [0.2, 0.25) is 6.30 Å². The van der Waals surface area contributed by atoms with Crippen molar-refractivity contribution in [2.24, 2.45) is 0 Å². The van der Waals surface area contributed by atoms with Gasteiger partial charge in [-0.05, 0) is 12.8 Å². The van der Waals surface area contributed by atoms with Gasteiger partial charge in [0.15, 0.2) is 0 Å². The Morgan fingerprint density at radius 1 is 0.617 bits per heavy atom. The zero-order chi connectivity index (χ0) is 37.6. The van der Waals surface area contributed by atoms with E-state index in [1.165, 1.54) is 4.74 Å². The van der Waals surface area contributed by atoms with Gasteiger partial charge in [0.25, 0.3) is 12.0 Å². The quantitative estimate of drug-likeness (QED) is 0.166. The van der Waals surface area contributed by atoms with Crippen molar-refractivity contribution in [3.05, 3.63) is 0 Å². The Balaban J connectivity index is 2.47. The first-order chi connectivity index (χ1) is 20.3. The molecule has 2 aliphatic heterocycles. The molecule has 47 heavy (non-hydrogen) atoms. The maximum Gasteiger partial charge on any atom is 0.527 e. The van der Waals surface area contributed by atoms with Crippen molar-refractivity contribution < 1.29 is 129 Å². The number of rotatable bonds is 10. The fourth-order valence-corrected chi connectivity index (χ4v) is 3.72. The molecule has 2 rings (SSSR count). The van der Waals surface area contributed by atoms with Crippen LogP contribution in [-0.4, -0.2) is 96.3 Å². The Morgan fingerprint density at radius 2 is 1.02 bits per heavy atom. The molecule has 0 radical (unpaired) electrons. The van der Waals surface area contributed by atoms with Crippen LogP contribution < -0.4 is 0 Å². The standard InChI is InChI=1S/C17H8F25NO4/c18-5(43-11(28,29)15(36,37)46-16(38,39)12(43,30)31)7(20,10(25,26)27)3-1-2-4(44-3)8(21,22)6(19)45-13(32,33)9(23,24)14(34,35)47-17(40,41)42/h3-6H,1-2H2. The van der Waals surface area contributed by atoms with Crippen molar-refractivity contribution in [2.45, 2.75) is 104 Å². The summed E-state index contributed by atoms with van der Waals surface area (Å²) in [5.41, 5.74) is -6.87. The van der Waals surface area contributed by atoms with Gasteiger partial charge in [0, 0.05) is 0 Å². The summed E-state index contributed by atoms with van der Waals surface area (Å²) >= 11 is 0. The third-order valence-corrected chi connectivity index (χ3v) is 6.02. The molecule has 30 heteroatoms. The first-order valence-corrected chi connectivity index (χ1v) is 10.9. The van der Waals surface area contributed by atoms with Gasteiger partial charge in [-0.25, -0.2) is 22.6 Å². The van der Waals surface area contributed by atoms with Gasteiger partial charge in [-0.15, -0.1) is 18.1 Å². The monoisotopic (exact) mass is 765 g/mol. The third kappa shape index (κ3) is 6.55. The lowest BCUT2D eigenvalue weighted by Gasteiger charge is -2.50. The van der Waals surface area contributed by atoms with Crippen molar-refractivity contribution in [1.82, 2.24) is 4.90 Å². The SMILES string of the molecule is FC(OC(F)(F)C(F)(F)C(F)(F)OC(F)(F)F)C(F)(F)C1CCC(C(F)(C(F)N2C(F)(F)C(F)(F)OC(F)(F)C2(F)F)C(F)(F)F)O1. The van der Waals surface area contributed by atoms with Gasteiger partial charge in [0.1, 0.15) is 12.2 Å². The maximum atomic E-state index is 15.2. The Hall–Kier alpha value is -1.95. The fourth-order valence-electron chi connectivity index (χ4n) is 3.72. The van der Waals surface area contributed by atoms with Crippen LogP contribution in [0.25, 0.3) is 0 Å². The molecule has 5 atom stereocenters. The summed E-state index contributed by atoms with van der Waals surface area (Å²) in [5.74, 6) is -14.1. The van der Waals surface area contributed by atoms with Gasteiger partial charge < -0.3 is 4.74 Å². The van der Waals surface area contributed by atoms with Crippen LogP contribution >= 0.6 is 0 Å². The van der Waals surface area contributed by atoms with Crippen LogP contribution in [0.1, 0.15) is 12.8 Å². The van der Waals surface area contributed by atoms with Crippen molar-refractivity contribution in [2.75, 3.05) is 0 Å². The van der Waals surface area contributed by atoms with E-state index >= 15 is 4.39 Å². The van der Waals surface area contributed by atoms with Crippen LogP contribution in [-0.2, 0) is 18.9 Å². The van der Waals surface area contributed by atoms with Gasteiger partial charge in [-0.1, -0.05) is 0 Å². The minimum Gasteiger partial charge on any atom is -0.365 e. The van der Waals surface area contributed by atoms with Crippen LogP contribution in [0.2, 0.25) is 0 Å². The van der Waals surface area contributed by atoms with Crippen LogP contribution in [0.15, 0.2) is 0 Å². The van der Waals surface area contributed by atoms with E-state index in [2.05, 4.69) is 4.74 Å². The summed E-state index contributed by atoms with van der Waals surface area (Å²) in [6.07, 6.45) is -68.6. The molecule has 0 aromatic heterocycles. The molecular formula is C17H8F25NO4. The van der Waals surface area contributed by atoms with E-state index in [0.29, 0.717) is 0 Å². The van der Waals surface area contributed by atoms with Crippen molar-refractivity contribution in [1.29, 1.82) is 0 Å². The average Bonchev–Trinajstić information content (AvgIpc) is 3.30. The van der Waals surface area contributed by atoms with Crippen molar-refractivity contribution in [3.8, 4) is 0 Å². The summed E-state index contributed by atoms with van der Waals surface area (Å²) in [6, 6.07) is -14.8. The topological polar surface area (TPSA) is 40.2 Å². The largest absolute Gasteiger partial charge is 0.527 e. The summed E-state index contributed by atoms with van der Waals surface area (Å²) in [4.78, 5) is -3.72. The molecule has 2 aliphatic rings. The second-order valence-electron chi connectivity index (χ2n) is 9.14. The number of hydrogen-bond acceptors (Lipinski definition) is 5. The number of hydrogen-bond donors (Lipinski definition) is 0. The van der Waals surface area contributed by atoms with Crippen LogP contribution in [0.5, 0.6) is 0 Å². The van der Waals surface area contributed by atoms with Crippen molar-refractivity contribution in [3.63, 3.8) is 0 Å². The zero-order valence-electron chi connectivity index (χ0n) is 20.8. The molecule has 2 fully saturated rings. The van der Waals surface area contributed by atoms with E-state index in [4.69, 9.17) is 0 Å². The van der Waals surface area contributed by atoms with Crippen molar-refractivity contribution >= 4 is 0 Å². The van der Waals surface area contributed by atoms with Crippen LogP contribution in [0.4, 0.5) is 110 Å². The Kier molecular flexibility index (Phi) is 9.90. The maximum absolute atomic E-state index is 15.2. The molecule has 2 saturated heterocycles. The van der Waals surface area contributed by atoms with Crippen LogP contribution in [0.3, 0.4) is 0 Å². The molecule has 5 unspecified atom stereocenters. The number of morpholine rings is 1. The van der Waals surface area contributed by atoms with E-state index in [1.807, 2.05) is 4.74 Å².